The van der Waals surface area contributed by atoms with Crippen LogP contribution in [0, 0.1) is 11.3 Å². The largest absolute Gasteiger partial charge is 0.369 e. The van der Waals surface area contributed by atoms with Crippen LogP contribution in [0.5, 0.6) is 0 Å². The van der Waals surface area contributed by atoms with Crippen molar-refractivity contribution >= 4 is 17.4 Å². The molecule has 1 aliphatic rings. The van der Waals surface area contributed by atoms with Gasteiger partial charge in [0.2, 0.25) is 0 Å². The normalized spacial score (nSPS) is 12.5. The second-order valence-electron chi connectivity index (χ2n) is 5.40. The van der Waals surface area contributed by atoms with Gasteiger partial charge in [0.1, 0.15) is 11.9 Å². The lowest BCUT2D eigenvalue weighted by Gasteiger charge is -2.07. The van der Waals surface area contributed by atoms with Crippen molar-refractivity contribution in [2.75, 3.05) is 11.9 Å². The molecular formula is C18H13ClN4. The summed E-state index contributed by atoms with van der Waals surface area (Å²) in [4.78, 5) is 0. The minimum Gasteiger partial charge on any atom is -0.369 e. The Kier molecular flexibility index (Phi) is 3.29. The lowest BCUT2D eigenvalue weighted by molar-refractivity contribution is 0.879. The predicted octanol–water partition coefficient (Wildman–Crippen LogP) is 4.03. The number of anilines is 1. The summed E-state index contributed by atoms with van der Waals surface area (Å²) in [5, 5.41) is 18.2. The molecule has 0 saturated heterocycles. The highest BCUT2D eigenvalue weighted by atomic mass is 35.5. The zero-order valence-corrected chi connectivity index (χ0v) is 13.0. The number of benzene rings is 2. The van der Waals surface area contributed by atoms with Gasteiger partial charge in [0.05, 0.1) is 16.9 Å². The van der Waals surface area contributed by atoms with Gasteiger partial charge in [0.25, 0.3) is 0 Å². The zero-order chi connectivity index (χ0) is 15.8. The molecule has 1 aromatic heterocycles. The highest BCUT2D eigenvalue weighted by molar-refractivity contribution is 6.30. The van der Waals surface area contributed by atoms with E-state index in [1.54, 1.807) is 6.07 Å². The van der Waals surface area contributed by atoms with E-state index in [0.717, 1.165) is 35.7 Å². The van der Waals surface area contributed by atoms with Gasteiger partial charge in [0.15, 0.2) is 0 Å². The van der Waals surface area contributed by atoms with Gasteiger partial charge in [0, 0.05) is 22.7 Å². The maximum atomic E-state index is 9.36. The van der Waals surface area contributed by atoms with E-state index in [2.05, 4.69) is 11.4 Å². The van der Waals surface area contributed by atoms with Gasteiger partial charge in [-0.1, -0.05) is 35.9 Å². The lowest BCUT2D eigenvalue weighted by Crippen LogP contribution is -2.05. The number of rotatable bonds is 2. The van der Waals surface area contributed by atoms with Crippen molar-refractivity contribution in [1.82, 2.24) is 9.78 Å². The molecule has 0 amide bonds. The van der Waals surface area contributed by atoms with E-state index in [-0.39, 0.29) is 0 Å². The second kappa shape index (κ2) is 5.45. The first-order valence-electron chi connectivity index (χ1n) is 7.39. The minimum absolute atomic E-state index is 0.606. The van der Waals surface area contributed by atoms with E-state index in [0.29, 0.717) is 10.6 Å². The molecule has 0 aliphatic carbocycles. The van der Waals surface area contributed by atoms with Crippen LogP contribution in [0.1, 0.15) is 11.1 Å². The SMILES string of the molecule is N#Cc1ccccc1-n1nc(-c2ccc(Cl)cc2)c2c1NCC2. The molecule has 5 heteroatoms. The average molecular weight is 321 g/mol. The number of fused-ring (bicyclic) bond motifs is 1. The van der Waals surface area contributed by atoms with Gasteiger partial charge in [-0.05, 0) is 30.7 Å². The van der Waals surface area contributed by atoms with Gasteiger partial charge in [-0.15, -0.1) is 0 Å². The van der Waals surface area contributed by atoms with Crippen molar-refractivity contribution in [2.45, 2.75) is 6.42 Å². The molecule has 0 spiro atoms. The quantitative estimate of drug-likeness (QED) is 0.775. The van der Waals surface area contributed by atoms with Gasteiger partial charge < -0.3 is 5.32 Å². The molecule has 1 N–H and O–H groups in total. The van der Waals surface area contributed by atoms with Crippen molar-refractivity contribution in [3.05, 3.63) is 64.7 Å². The lowest BCUT2D eigenvalue weighted by atomic mass is 10.1. The smallest absolute Gasteiger partial charge is 0.133 e. The van der Waals surface area contributed by atoms with Crippen LogP contribution >= 0.6 is 11.6 Å². The van der Waals surface area contributed by atoms with Gasteiger partial charge in [-0.25, -0.2) is 4.68 Å². The molecule has 4 rings (SSSR count). The third kappa shape index (κ3) is 2.26. The van der Waals surface area contributed by atoms with Crippen LogP contribution in [0.3, 0.4) is 0 Å². The molecule has 0 bridgehead atoms. The first-order valence-corrected chi connectivity index (χ1v) is 7.77. The molecule has 1 aliphatic heterocycles. The fourth-order valence-corrected chi connectivity index (χ4v) is 3.07. The van der Waals surface area contributed by atoms with E-state index >= 15 is 0 Å². The summed E-state index contributed by atoms with van der Waals surface area (Å²) in [6.45, 7) is 0.877. The van der Waals surface area contributed by atoms with Crippen LogP contribution in [-0.2, 0) is 6.42 Å². The third-order valence-corrected chi connectivity index (χ3v) is 4.27. The number of para-hydroxylation sites is 1. The number of hydrogen-bond donors (Lipinski definition) is 1. The molecular weight excluding hydrogens is 308 g/mol. The number of nitrogens with one attached hydrogen (secondary N) is 1. The van der Waals surface area contributed by atoms with E-state index in [1.807, 2.05) is 47.1 Å². The summed E-state index contributed by atoms with van der Waals surface area (Å²) in [6.07, 6.45) is 0.919. The number of nitriles is 1. The van der Waals surface area contributed by atoms with Gasteiger partial charge in [-0.2, -0.15) is 10.4 Å². The van der Waals surface area contributed by atoms with E-state index in [1.165, 1.54) is 5.56 Å². The first-order chi connectivity index (χ1) is 11.3. The third-order valence-electron chi connectivity index (χ3n) is 4.02. The Bertz CT molecular complexity index is 919. The summed E-state index contributed by atoms with van der Waals surface area (Å²) < 4.78 is 1.84. The number of hydrogen-bond acceptors (Lipinski definition) is 3. The fourth-order valence-electron chi connectivity index (χ4n) is 2.94. The topological polar surface area (TPSA) is 53.6 Å². The van der Waals surface area contributed by atoms with Crippen molar-refractivity contribution < 1.29 is 0 Å². The van der Waals surface area contributed by atoms with Crippen LogP contribution in [-0.4, -0.2) is 16.3 Å². The first kappa shape index (κ1) is 13.9. The summed E-state index contributed by atoms with van der Waals surface area (Å²) >= 11 is 5.98. The molecule has 23 heavy (non-hydrogen) atoms. The molecule has 0 atom stereocenters. The summed E-state index contributed by atoms with van der Waals surface area (Å²) in [7, 11) is 0. The summed E-state index contributed by atoms with van der Waals surface area (Å²) in [5.74, 6) is 0.970. The minimum atomic E-state index is 0.606. The molecule has 0 fully saturated rings. The van der Waals surface area contributed by atoms with Gasteiger partial charge in [-0.3, -0.25) is 0 Å². The van der Waals surface area contributed by atoms with Crippen LogP contribution in [0.25, 0.3) is 16.9 Å². The Balaban J connectivity index is 1.92. The molecule has 4 nitrogen and oxygen atoms in total. The van der Waals surface area contributed by atoms with Crippen LogP contribution in [0.4, 0.5) is 5.82 Å². The molecule has 0 radical (unpaired) electrons. The highest BCUT2D eigenvalue weighted by Crippen LogP contribution is 2.35. The fraction of sp³-hybridized carbons (Fsp3) is 0.111. The monoisotopic (exact) mass is 320 g/mol. The molecule has 2 heterocycles. The molecule has 112 valence electrons. The standard InChI is InChI=1S/C18H13ClN4/c19-14-7-5-12(6-8-14)17-15-9-10-21-18(15)23(22-17)16-4-2-1-3-13(16)11-20/h1-8,21H,9-10H2. The van der Waals surface area contributed by atoms with Crippen molar-refractivity contribution in [3.63, 3.8) is 0 Å². The Hall–Kier alpha value is -2.77. The van der Waals surface area contributed by atoms with Crippen LogP contribution in [0.2, 0.25) is 5.02 Å². The van der Waals surface area contributed by atoms with Gasteiger partial charge >= 0.3 is 0 Å². The van der Waals surface area contributed by atoms with Crippen molar-refractivity contribution in [1.29, 1.82) is 5.26 Å². The Morgan fingerprint density at radius 1 is 1.13 bits per heavy atom. The Morgan fingerprint density at radius 3 is 2.70 bits per heavy atom. The molecule has 0 unspecified atom stereocenters. The van der Waals surface area contributed by atoms with E-state index in [9.17, 15) is 5.26 Å². The van der Waals surface area contributed by atoms with Crippen molar-refractivity contribution in [2.24, 2.45) is 0 Å². The maximum Gasteiger partial charge on any atom is 0.133 e. The summed E-state index contributed by atoms with van der Waals surface area (Å²) in [5.41, 5.74) is 4.55. The molecule has 2 aromatic carbocycles. The number of halogens is 1. The highest BCUT2D eigenvalue weighted by Gasteiger charge is 2.24. The van der Waals surface area contributed by atoms with E-state index in [4.69, 9.17) is 16.7 Å². The maximum absolute atomic E-state index is 9.36. The predicted molar refractivity (Wildman–Crippen MR) is 90.9 cm³/mol. The van der Waals surface area contributed by atoms with E-state index < -0.39 is 0 Å². The Morgan fingerprint density at radius 2 is 1.91 bits per heavy atom. The van der Waals surface area contributed by atoms with Crippen LogP contribution < -0.4 is 5.32 Å². The average Bonchev–Trinajstić information content (AvgIpc) is 3.18. The molecule has 0 saturated carbocycles. The Labute approximate surface area is 138 Å². The van der Waals surface area contributed by atoms with Crippen molar-refractivity contribution in [3.8, 4) is 23.0 Å². The summed E-state index contributed by atoms with van der Waals surface area (Å²) in [6, 6.07) is 17.4. The molecule has 3 aromatic rings. The zero-order valence-electron chi connectivity index (χ0n) is 12.3. The number of aromatic nitrogens is 2. The van der Waals surface area contributed by atoms with Crippen LogP contribution in [0.15, 0.2) is 48.5 Å². The number of nitrogens with zero attached hydrogens (tertiary/aromatic N) is 3. The second-order valence-corrected chi connectivity index (χ2v) is 5.84.